The van der Waals surface area contributed by atoms with Gasteiger partial charge in [-0.3, -0.25) is 4.79 Å². The van der Waals surface area contributed by atoms with E-state index in [4.69, 9.17) is 9.47 Å². The molecule has 1 aromatic heterocycles. The van der Waals surface area contributed by atoms with Crippen molar-refractivity contribution in [1.29, 1.82) is 0 Å². The number of aromatic nitrogens is 1. The molecule has 0 bridgehead atoms. The Bertz CT molecular complexity index is 837. The molecule has 2 N–H and O–H groups in total. The number of H-pyrrole nitrogens is 1. The average molecular weight is 324 g/mol. The minimum atomic E-state index is -0.163. The molecule has 0 saturated heterocycles. The minimum absolute atomic E-state index is 0.145. The summed E-state index contributed by atoms with van der Waals surface area (Å²) in [5, 5.41) is 4.01. The Kier molecular flexibility index (Phi) is 4.42. The van der Waals surface area contributed by atoms with Gasteiger partial charge in [0, 0.05) is 10.9 Å². The van der Waals surface area contributed by atoms with E-state index in [1.807, 2.05) is 55.5 Å². The van der Waals surface area contributed by atoms with Crippen LogP contribution in [0.1, 0.15) is 29.0 Å². The number of fused-ring (bicyclic) bond motifs is 1. The monoisotopic (exact) mass is 324 g/mol. The van der Waals surface area contributed by atoms with Gasteiger partial charge in [0.25, 0.3) is 5.91 Å². The molecule has 5 nitrogen and oxygen atoms in total. The van der Waals surface area contributed by atoms with E-state index in [2.05, 4.69) is 10.3 Å². The second-order valence-electron chi connectivity index (χ2n) is 5.58. The third kappa shape index (κ3) is 3.06. The van der Waals surface area contributed by atoms with Crippen molar-refractivity contribution in [2.75, 3.05) is 14.2 Å². The van der Waals surface area contributed by atoms with Crippen molar-refractivity contribution < 1.29 is 14.3 Å². The summed E-state index contributed by atoms with van der Waals surface area (Å²) in [5.41, 5.74) is 2.43. The summed E-state index contributed by atoms with van der Waals surface area (Å²) in [4.78, 5) is 15.6. The molecule has 124 valence electrons. The number of rotatable bonds is 5. The standard InChI is InChI=1S/C19H20N2O3/c1-12(13-8-9-17(23-2)18(11-13)24-3)20-19(22)16-10-14-6-4-5-7-15(14)21-16/h4-12,21H,1-3H3,(H,20,22). The number of carbonyl (C=O) groups excluding carboxylic acids is 1. The van der Waals surface area contributed by atoms with Crippen LogP contribution in [-0.2, 0) is 0 Å². The number of nitrogens with one attached hydrogen (secondary N) is 2. The summed E-state index contributed by atoms with van der Waals surface area (Å²) in [6.07, 6.45) is 0. The quantitative estimate of drug-likeness (QED) is 0.752. The van der Waals surface area contributed by atoms with Gasteiger partial charge < -0.3 is 19.8 Å². The van der Waals surface area contributed by atoms with Crippen LogP contribution in [0, 0.1) is 0 Å². The first-order chi connectivity index (χ1) is 11.6. The predicted molar refractivity (Wildman–Crippen MR) is 93.7 cm³/mol. The van der Waals surface area contributed by atoms with Crippen molar-refractivity contribution in [3.05, 3.63) is 59.8 Å². The molecule has 1 atom stereocenters. The maximum atomic E-state index is 12.5. The molecular weight excluding hydrogens is 304 g/mol. The highest BCUT2D eigenvalue weighted by Crippen LogP contribution is 2.30. The van der Waals surface area contributed by atoms with Crippen LogP contribution in [0.5, 0.6) is 11.5 Å². The van der Waals surface area contributed by atoms with Crippen molar-refractivity contribution in [2.45, 2.75) is 13.0 Å². The van der Waals surface area contributed by atoms with Gasteiger partial charge in [0.15, 0.2) is 11.5 Å². The maximum Gasteiger partial charge on any atom is 0.268 e. The highest BCUT2D eigenvalue weighted by Gasteiger charge is 2.15. The van der Waals surface area contributed by atoms with Crippen molar-refractivity contribution in [2.24, 2.45) is 0 Å². The third-order valence-electron chi connectivity index (χ3n) is 4.03. The van der Waals surface area contributed by atoms with Crippen molar-refractivity contribution in [3.8, 4) is 11.5 Å². The highest BCUT2D eigenvalue weighted by molar-refractivity contribution is 5.98. The largest absolute Gasteiger partial charge is 0.493 e. The number of ether oxygens (including phenoxy) is 2. The minimum Gasteiger partial charge on any atom is -0.493 e. The topological polar surface area (TPSA) is 63.3 Å². The Labute approximate surface area is 140 Å². The second kappa shape index (κ2) is 6.66. The molecule has 0 saturated carbocycles. The zero-order valence-electron chi connectivity index (χ0n) is 13.9. The van der Waals surface area contributed by atoms with Crippen LogP contribution < -0.4 is 14.8 Å². The molecule has 0 aliphatic carbocycles. The van der Waals surface area contributed by atoms with Gasteiger partial charge in [0.05, 0.1) is 20.3 Å². The average Bonchev–Trinajstić information content (AvgIpc) is 3.05. The zero-order valence-corrected chi connectivity index (χ0v) is 13.9. The number of carbonyl (C=O) groups is 1. The fraction of sp³-hybridized carbons (Fsp3) is 0.211. The lowest BCUT2D eigenvalue weighted by Gasteiger charge is -2.16. The van der Waals surface area contributed by atoms with Gasteiger partial charge in [0.1, 0.15) is 5.69 Å². The van der Waals surface area contributed by atoms with Crippen LogP contribution in [0.3, 0.4) is 0 Å². The summed E-state index contributed by atoms with van der Waals surface area (Å²) in [7, 11) is 3.19. The van der Waals surface area contributed by atoms with E-state index in [-0.39, 0.29) is 11.9 Å². The van der Waals surface area contributed by atoms with Gasteiger partial charge in [-0.25, -0.2) is 0 Å². The van der Waals surface area contributed by atoms with E-state index in [1.165, 1.54) is 0 Å². The summed E-state index contributed by atoms with van der Waals surface area (Å²) in [6.45, 7) is 1.93. The molecule has 0 aliphatic rings. The molecule has 0 fully saturated rings. The normalized spacial score (nSPS) is 12.0. The SMILES string of the molecule is COc1ccc(C(C)NC(=O)c2cc3ccccc3[nH]2)cc1OC. The highest BCUT2D eigenvalue weighted by atomic mass is 16.5. The Morgan fingerprint density at radius 2 is 1.79 bits per heavy atom. The van der Waals surface area contributed by atoms with Gasteiger partial charge in [-0.2, -0.15) is 0 Å². The number of hydrogen-bond donors (Lipinski definition) is 2. The van der Waals surface area contributed by atoms with Crippen LogP contribution >= 0.6 is 0 Å². The summed E-state index contributed by atoms with van der Waals surface area (Å²) < 4.78 is 10.6. The molecule has 1 unspecified atom stereocenters. The molecule has 0 radical (unpaired) electrons. The number of amides is 1. The van der Waals surface area contributed by atoms with Gasteiger partial charge in [-0.15, -0.1) is 0 Å². The Morgan fingerprint density at radius 3 is 2.50 bits per heavy atom. The Hall–Kier alpha value is -2.95. The number of para-hydroxylation sites is 1. The van der Waals surface area contributed by atoms with Gasteiger partial charge >= 0.3 is 0 Å². The molecule has 1 heterocycles. The molecule has 24 heavy (non-hydrogen) atoms. The number of methoxy groups -OCH3 is 2. The first-order valence-corrected chi connectivity index (χ1v) is 7.73. The Morgan fingerprint density at radius 1 is 1.04 bits per heavy atom. The molecule has 0 aliphatic heterocycles. The van der Waals surface area contributed by atoms with Gasteiger partial charge in [-0.1, -0.05) is 24.3 Å². The van der Waals surface area contributed by atoms with Crippen LogP contribution in [0.4, 0.5) is 0 Å². The van der Waals surface area contributed by atoms with Crippen molar-refractivity contribution in [3.63, 3.8) is 0 Å². The van der Waals surface area contributed by atoms with Crippen molar-refractivity contribution in [1.82, 2.24) is 10.3 Å². The fourth-order valence-corrected chi connectivity index (χ4v) is 2.68. The first-order valence-electron chi connectivity index (χ1n) is 7.73. The van der Waals surface area contributed by atoms with Crippen LogP contribution in [0.15, 0.2) is 48.5 Å². The maximum absolute atomic E-state index is 12.5. The van der Waals surface area contributed by atoms with E-state index < -0.39 is 0 Å². The number of aromatic amines is 1. The summed E-state index contributed by atoms with van der Waals surface area (Å²) in [6, 6.07) is 15.1. The van der Waals surface area contributed by atoms with Gasteiger partial charge in [-0.05, 0) is 36.8 Å². The number of benzene rings is 2. The fourth-order valence-electron chi connectivity index (χ4n) is 2.68. The summed E-state index contributed by atoms with van der Waals surface area (Å²) >= 11 is 0. The summed E-state index contributed by atoms with van der Waals surface area (Å²) in [5.74, 6) is 1.16. The molecular formula is C19H20N2O3. The molecule has 0 spiro atoms. The second-order valence-corrected chi connectivity index (χ2v) is 5.58. The third-order valence-corrected chi connectivity index (χ3v) is 4.03. The number of hydrogen-bond acceptors (Lipinski definition) is 3. The molecule has 3 rings (SSSR count). The molecule has 1 amide bonds. The van der Waals surface area contributed by atoms with Crippen LogP contribution in [-0.4, -0.2) is 25.1 Å². The van der Waals surface area contributed by atoms with E-state index in [1.54, 1.807) is 14.2 Å². The molecule has 5 heteroatoms. The van der Waals surface area contributed by atoms with Crippen molar-refractivity contribution >= 4 is 16.8 Å². The van der Waals surface area contributed by atoms with Crippen LogP contribution in [0.2, 0.25) is 0 Å². The lowest BCUT2D eigenvalue weighted by Crippen LogP contribution is -2.26. The lowest BCUT2D eigenvalue weighted by molar-refractivity contribution is 0.0935. The van der Waals surface area contributed by atoms with Gasteiger partial charge in [0.2, 0.25) is 0 Å². The van der Waals surface area contributed by atoms with Crippen LogP contribution in [0.25, 0.3) is 10.9 Å². The first kappa shape index (κ1) is 15.9. The lowest BCUT2D eigenvalue weighted by atomic mass is 10.1. The zero-order chi connectivity index (χ0) is 17.1. The predicted octanol–water partition coefficient (Wildman–Crippen LogP) is 3.68. The van der Waals surface area contributed by atoms with E-state index in [0.29, 0.717) is 17.2 Å². The van der Waals surface area contributed by atoms with E-state index >= 15 is 0 Å². The Balaban J connectivity index is 1.78. The van der Waals surface area contributed by atoms with E-state index in [0.717, 1.165) is 16.5 Å². The van der Waals surface area contributed by atoms with E-state index in [9.17, 15) is 4.79 Å². The smallest absolute Gasteiger partial charge is 0.268 e. The molecule has 2 aromatic carbocycles. The molecule has 3 aromatic rings.